The lowest BCUT2D eigenvalue weighted by molar-refractivity contribution is 0.377. The van der Waals surface area contributed by atoms with Crippen molar-refractivity contribution in [2.75, 3.05) is 31.1 Å². The minimum Gasteiger partial charge on any atom is -0.352 e. The van der Waals surface area contributed by atoms with Crippen molar-refractivity contribution < 1.29 is 17.2 Å². The molecule has 9 heteroatoms. The van der Waals surface area contributed by atoms with Crippen LogP contribution in [-0.2, 0) is 10.0 Å². The van der Waals surface area contributed by atoms with Crippen LogP contribution < -0.4 is 4.90 Å². The summed E-state index contributed by atoms with van der Waals surface area (Å²) in [5.74, 6) is -1.52. The fourth-order valence-corrected chi connectivity index (χ4v) is 4.01. The lowest BCUT2D eigenvalue weighted by Crippen LogP contribution is -2.49. The zero-order valence-corrected chi connectivity index (χ0v) is 12.9. The molecule has 122 valence electrons. The van der Waals surface area contributed by atoms with Crippen LogP contribution in [0.25, 0.3) is 0 Å². The van der Waals surface area contributed by atoms with Gasteiger partial charge in [-0.3, -0.25) is 0 Å². The number of halogens is 2. The summed E-state index contributed by atoms with van der Waals surface area (Å²) >= 11 is 0. The predicted octanol–water partition coefficient (Wildman–Crippen LogP) is 1.27. The largest absolute Gasteiger partial charge is 0.352 e. The van der Waals surface area contributed by atoms with Crippen molar-refractivity contribution in [3.05, 3.63) is 48.2 Å². The normalized spacial score (nSPS) is 16.5. The minimum atomic E-state index is -4.21. The Hall–Kier alpha value is -2.13. The summed E-state index contributed by atoms with van der Waals surface area (Å²) in [6.07, 6.45) is 1.55. The molecule has 1 aromatic heterocycles. The lowest BCUT2D eigenvalue weighted by Gasteiger charge is -2.34. The molecule has 0 atom stereocenters. The maximum Gasteiger partial charge on any atom is 0.249 e. The fourth-order valence-electron chi connectivity index (χ4n) is 2.48. The zero-order valence-electron chi connectivity index (χ0n) is 12.1. The van der Waals surface area contributed by atoms with E-state index in [1.807, 2.05) is 4.90 Å². The molecule has 23 heavy (non-hydrogen) atoms. The van der Waals surface area contributed by atoms with Gasteiger partial charge >= 0.3 is 0 Å². The monoisotopic (exact) mass is 340 g/mol. The number of sulfonamides is 1. The topological polar surface area (TPSA) is 66.4 Å². The van der Waals surface area contributed by atoms with Crippen molar-refractivity contribution in [1.82, 2.24) is 14.5 Å². The van der Waals surface area contributed by atoms with Crippen molar-refractivity contribution in [3.8, 4) is 0 Å². The highest BCUT2D eigenvalue weighted by Gasteiger charge is 2.33. The Morgan fingerprint density at radius 1 is 0.957 bits per heavy atom. The number of nitrogens with zero attached hydrogens (tertiary/aromatic N) is 4. The second-order valence-electron chi connectivity index (χ2n) is 5.02. The number of hydrogen-bond donors (Lipinski definition) is 0. The third-order valence-electron chi connectivity index (χ3n) is 3.64. The van der Waals surface area contributed by atoms with Gasteiger partial charge in [-0.25, -0.2) is 17.2 Å². The Kier molecular flexibility index (Phi) is 4.22. The number of hydrogen-bond acceptors (Lipinski definition) is 5. The molecule has 0 amide bonds. The third-order valence-corrected chi connectivity index (χ3v) is 5.59. The first-order chi connectivity index (χ1) is 11.0. The van der Waals surface area contributed by atoms with Gasteiger partial charge in [-0.1, -0.05) is 6.07 Å². The Bertz CT molecular complexity index is 773. The summed E-state index contributed by atoms with van der Waals surface area (Å²) in [5.41, 5.74) is 0. The average molecular weight is 340 g/mol. The molecule has 2 heterocycles. The number of anilines is 1. The van der Waals surface area contributed by atoms with E-state index in [0.29, 0.717) is 18.9 Å². The van der Waals surface area contributed by atoms with Gasteiger partial charge in [0, 0.05) is 32.4 Å². The second kappa shape index (κ2) is 6.17. The summed E-state index contributed by atoms with van der Waals surface area (Å²) in [6, 6.07) is 6.51. The molecule has 0 radical (unpaired) electrons. The molecule has 0 spiro atoms. The van der Waals surface area contributed by atoms with E-state index in [1.54, 1.807) is 18.3 Å². The maximum absolute atomic E-state index is 13.8. The van der Waals surface area contributed by atoms with Crippen LogP contribution >= 0.6 is 0 Å². The first-order valence-corrected chi connectivity index (χ1v) is 8.41. The predicted molar refractivity (Wildman–Crippen MR) is 79.4 cm³/mol. The standard InChI is InChI=1S/C14H14F2N4O2S/c15-11-3-1-4-12(16)14(11)23(21,22)20-9-7-19(8-10-20)13-5-2-6-17-18-13/h1-6H,7-10H2. The fraction of sp³-hybridized carbons (Fsp3) is 0.286. The zero-order chi connectivity index (χ0) is 16.4. The first kappa shape index (κ1) is 15.8. The van der Waals surface area contributed by atoms with Crippen LogP contribution in [0.15, 0.2) is 41.4 Å². The van der Waals surface area contributed by atoms with Crippen LogP contribution in [0.5, 0.6) is 0 Å². The Balaban J connectivity index is 1.79. The van der Waals surface area contributed by atoms with Crippen LogP contribution in [0.1, 0.15) is 0 Å². The highest BCUT2D eigenvalue weighted by Crippen LogP contribution is 2.24. The minimum absolute atomic E-state index is 0.118. The SMILES string of the molecule is O=S(=O)(c1c(F)cccc1F)N1CCN(c2cccnn2)CC1. The Morgan fingerprint density at radius 2 is 1.61 bits per heavy atom. The second-order valence-corrected chi connectivity index (χ2v) is 6.90. The van der Waals surface area contributed by atoms with E-state index in [4.69, 9.17) is 0 Å². The molecule has 1 saturated heterocycles. The van der Waals surface area contributed by atoms with Gasteiger partial charge in [0.05, 0.1) is 0 Å². The van der Waals surface area contributed by atoms with Crippen molar-refractivity contribution in [2.45, 2.75) is 4.90 Å². The summed E-state index contributed by atoms with van der Waals surface area (Å²) in [4.78, 5) is 0.976. The highest BCUT2D eigenvalue weighted by molar-refractivity contribution is 7.89. The van der Waals surface area contributed by atoms with Crippen LogP contribution in [0.4, 0.5) is 14.6 Å². The summed E-state index contributed by atoms with van der Waals surface area (Å²) in [7, 11) is -4.21. The van der Waals surface area contributed by atoms with Crippen LogP contribution in [0, 0.1) is 11.6 Å². The molecule has 0 unspecified atom stereocenters. The van der Waals surface area contributed by atoms with Crippen LogP contribution in [-0.4, -0.2) is 49.1 Å². The van der Waals surface area contributed by atoms with Gasteiger partial charge in [0.15, 0.2) is 10.7 Å². The molecule has 1 aliphatic heterocycles. The Morgan fingerprint density at radius 3 is 2.17 bits per heavy atom. The molecule has 1 fully saturated rings. The van der Waals surface area contributed by atoms with Gasteiger partial charge in [0.1, 0.15) is 11.6 Å². The highest BCUT2D eigenvalue weighted by atomic mass is 32.2. The Labute approximate surface area is 132 Å². The molecule has 1 aromatic carbocycles. The van der Waals surface area contributed by atoms with E-state index >= 15 is 0 Å². The van der Waals surface area contributed by atoms with Crippen LogP contribution in [0.2, 0.25) is 0 Å². The lowest BCUT2D eigenvalue weighted by atomic mass is 10.3. The quantitative estimate of drug-likeness (QED) is 0.842. The molecule has 0 N–H and O–H groups in total. The smallest absolute Gasteiger partial charge is 0.249 e. The van der Waals surface area contributed by atoms with E-state index in [-0.39, 0.29) is 13.1 Å². The molecule has 2 aromatic rings. The van der Waals surface area contributed by atoms with Gasteiger partial charge in [-0.15, -0.1) is 5.10 Å². The average Bonchev–Trinajstić information content (AvgIpc) is 2.55. The molecule has 0 bridgehead atoms. The van der Waals surface area contributed by atoms with Crippen molar-refractivity contribution in [2.24, 2.45) is 0 Å². The molecule has 0 aliphatic carbocycles. The van der Waals surface area contributed by atoms with Crippen molar-refractivity contribution >= 4 is 15.8 Å². The van der Waals surface area contributed by atoms with Crippen molar-refractivity contribution in [1.29, 1.82) is 0 Å². The first-order valence-electron chi connectivity index (χ1n) is 6.97. The van der Waals surface area contributed by atoms with Crippen molar-refractivity contribution in [3.63, 3.8) is 0 Å². The van der Waals surface area contributed by atoms with Gasteiger partial charge < -0.3 is 4.90 Å². The summed E-state index contributed by atoms with van der Waals surface area (Å²) in [5, 5.41) is 7.74. The summed E-state index contributed by atoms with van der Waals surface area (Å²) in [6.45, 7) is 0.974. The van der Waals surface area contributed by atoms with E-state index in [1.165, 1.54) is 0 Å². The maximum atomic E-state index is 13.8. The van der Waals surface area contributed by atoms with Gasteiger partial charge in [-0.05, 0) is 24.3 Å². The molecular formula is C14H14F2N4O2S. The van der Waals surface area contributed by atoms with E-state index in [9.17, 15) is 17.2 Å². The third kappa shape index (κ3) is 3.02. The van der Waals surface area contributed by atoms with E-state index < -0.39 is 26.6 Å². The number of aromatic nitrogens is 2. The molecular weight excluding hydrogens is 326 g/mol. The van der Waals surface area contributed by atoms with Gasteiger partial charge in [0.2, 0.25) is 10.0 Å². The van der Waals surface area contributed by atoms with E-state index in [0.717, 1.165) is 22.5 Å². The van der Waals surface area contributed by atoms with E-state index in [2.05, 4.69) is 10.2 Å². The number of piperazine rings is 1. The van der Waals surface area contributed by atoms with Crippen LogP contribution in [0.3, 0.4) is 0 Å². The molecule has 1 aliphatic rings. The summed E-state index contributed by atoms with van der Waals surface area (Å²) < 4.78 is 53.6. The molecule has 6 nitrogen and oxygen atoms in total. The molecule has 0 saturated carbocycles. The number of benzene rings is 1. The number of rotatable bonds is 3. The van der Waals surface area contributed by atoms with Gasteiger partial charge in [0.25, 0.3) is 0 Å². The van der Waals surface area contributed by atoms with Gasteiger partial charge in [-0.2, -0.15) is 9.40 Å². The molecule has 3 rings (SSSR count).